The molecular weight excluding hydrogens is 282 g/mol. The number of aromatic nitrogens is 3. The van der Waals surface area contributed by atoms with E-state index in [1.807, 2.05) is 6.07 Å². The summed E-state index contributed by atoms with van der Waals surface area (Å²) < 4.78 is 0. The molecule has 5 nitrogen and oxygen atoms in total. The Labute approximate surface area is 120 Å². The smallest absolute Gasteiger partial charge is 0.144 e. The maximum Gasteiger partial charge on any atom is 0.144 e. The Morgan fingerprint density at radius 1 is 1.37 bits per heavy atom. The lowest BCUT2D eigenvalue weighted by molar-refractivity contribution is 0.877. The topological polar surface area (TPSA) is 76.7 Å². The van der Waals surface area contributed by atoms with Gasteiger partial charge in [0.2, 0.25) is 0 Å². The lowest BCUT2D eigenvalue weighted by atomic mass is 10.4. The molecule has 2 heterocycles. The molecule has 3 rings (SSSR count). The quantitative estimate of drug-likeness (QED) is 0.513. The zero-order valence-corrected chi connectivity index (χ0v) is 11.6. The van der Waals surface area contributed by atoms with Gasteiger partial charge in [0.15, 0.2) is 0 Å². The first-order valence-corrected chi connectivity index (χ1v) is 7.09. The molecular formula is C12H12ClN5S. The minimum Gasteiger partial charge on any atom is -0.308 e. The minimum atomic E-state index is 0.465. The van der Waals surface area contributed by atoms with Gasteiger partial charge in [0.1, 0.15) is 21.7 Å². The van der Waals surface area contributed by atoms with Crippen LogP contribution in [0.3, 0.4) is 0 Å². The van der Waals surface area contributed by atoms with Crippen LogP contribution in [0.5, 0.6) is 0 Å². The van der Waals surface area contributed by atoms with Gasteiger partial charge in [-0.25, -0.2) is 20.8 Å². The van der Waals surface area contributed by atoms with Crippen molar-refractivity contribution in [1.82, 2.24) is 15.0 Å². The summed E-state index contributed by atoms with van der Waals surface area (Å²) in [5.41, 5.74) is 2.57. The number of pyridine rings is 1. The monoisotopic (exact) mass is 293 g/mol. The molecule has 2 aromatic heterocycles. The van der Waals surface area contributed by atoms with Gasteiger partial charge in [-0.1, -0.05) is 11.6 Å². The number of nitrogens with one attached hydrogen (secondary N) is 1. The molecule has 1 fully saturated rings. The minimum absolute atomic E-state index is 0.465. The molecule has 3 N–H and O–H groups in total. The van der Waals surface area contributed by atoms with Crippen LogP contribution in [-0.4, -0.2) is 15.0 Å². The third-order valence-corrected chi connectivity index (χ3v) is 4.09. The van der Waals surface area contributed by atoms with Gasteiger partial charge < -0.3 is 5.43 Å². The van der Waals surface area contributed by atoms with Gasteiger partial charge in [-0.3, -0.25) is 0 Å². The van der Waals surface area contributed by atoms with Gasteiger partial charge >= 0.3 is 0 Å². The zero-order valence-electron chi connectivity index (χ0n) is 10.0. The van der Waals surface area contributed by atoms with E-state index in [0.29, 0.717) is 16.8 Å². The normalized spacial score (nSPS) is 14.4. The van der Waals surface area contributed by atoms with Crippen molar-refractivity contribution in [1.29, 1.82) is 0 Å². The summed E-state index contributed by atoms with van der Waals surface area (Å²) in [4.78, 5) is 13.1. The molecule has 7 heteroatoms. The number of nitrogens with zero attached hydrogens (tertiary/aromatic N) is 3. The van der Waals surface area contributed by atoms with Gasteiger partial charge in [-0.15, -0.1) is 0 Å². The van der Waals surface area contributed by atoms with E-state index in [9.17, 15) is 0 Å². The predicted octanol–water partition coefficient (Wildman–Crippen LogP) is 2.84. The van der Waals surface area contributed by atoms with Crippen LogP contribution in [0, 0.1) is 0 Å². The Balaban J connectivity index is 1.91. The highest BCUT2D eigenvalue weighted by Crippen LogP contribution is 2.40. The van der Waals surface area contributed by atoms with Crippen LogP contribution in [0.2, 0.25) is 5.02 Å². The number of rotatable bonds is 4. The van der Waals surface area contributed by atoms with E-state index in [1.165, 1.54) is 11.8 Å². The Bertz CT molecular complexity index is 602. The van der Waals surface area contributed by atoms with E-state index in [0.717, 1.165) is 28.7 Å². The summed E-state index contributed by atoms with van der Waals surface area (Å²) in [5.74, 6) is 7.36. The second-order valence-corrected chi connectivity index (χ2v) is 5.68. The molecule has 0 bridgehead atoms. The summed E-state index contributed by atoms with van der Waals surface area (Å²) in [5, 5.41) is 2.14. The van der Waals surface area contributed by atoms with Crippen molar-refractivity contribution in [2.75, 3.05) is 5.43 Å². The second kappa shape index (κ2) is 5.32. The molecule has 2 aromatic rings. The van der Waals surface area contributed by atoms with Crippen LogP contribution < -0.4 is 11.3 Å². The highest BCUT2D eigenvalue weighted by molar-refractivity contribution is 7.99. The van der Waals surface area contributed by atoms with E-state index >= 15 is 0 Å². The first-order chi connectivity index (χ1) is 9.26. The summed E-state index contributed by atoms with van der Waals surface area (Å²) >= 11 is 7.51. The standard InChI is InChI=1S/C12H12ClN5S/c13-8-2-1-5-15-12(8)19-10-6-9(18-14)16-11(17-10)7-3-4-7/h1-2,5-7H,3-4,14H2,(H,16,17,18). The Morgan fingerprint density at radius 3 is 2.89 bits per heavy atom. The molecule has 0 aliphatic heterocycles. The summed E-state index contributed by atoms with van der Waals surface area (Å²) in [6.45, 7) is 0. The lowest BCUT2D eigenvalue weighted by Crippen LogP contribution is -2.10. The molecule has 1 aliphatic rings. The zero-order chi connectivity index (χ0) is 13.2. The van der Waals surface area contributed by atoms with Crippen LogP contribution in [0.15, 0.2) is 34.4 Å². The van der Waals surface area contributed by atoms with Gasteiger partial charge in [0.05, 0.1) is 5.02 Å². The Kier molecular flexibility index (Phi) is 3.54. The van der Waals surface area contributed by atoms with E-state index in [2.05, 4.69) is 20.4 Å². The van der Waals surface area contributed by atoms with Gasteiger partial charge in [-0.2, -0.15) is 0 Å². The SMILES string of the molecule is NNc1cc(Sc2ncccc2Cl)nc(C2CC2)n1. The van der Waals surface area contributed by atoms with Crippen LogP contribution in [0.1, 0.15) is 24.6 Å². The molecule has 98 valence electrons. The van der Waals surface area contributed by atoms with Crippen molar-refractivity contribution in [2.24, 2.45) is 5.84 Å². The maximum absolute atomic E-state index is 6.10. The Morgan fingerprint density at radius 2 is 2.21 bits per heavy atom. The maximum atomic E-state index is 6.10. The highest BCUT2D eigenvalue weighted by atomic mass is 35.5. The molecule has 0 spiro atoms. The van der Waals surface area contributed by atoms with Crippen molar-refractivity contribution >= 4 is 29.2 Å². The number of hydrogen-bond acceptors (Lipinski definition) is 6. The molecule has 1 saturated carbocycles. The second-order valence-electron chi connectivity index (χ2n) is 4.26. The molecule has 0 unspecified atom stereocenters. The van der Waals surface area contributed by atoms with Crippen LogP contribution in [0.4, 0.5) is 5.82 Å². The number of halogens is 1. The van der Waals surface area contributed by atoms with Gasteiger partial charge in [0.25, 0.3) is 0 Å². The van der Waals surface area contributed by atoms with Crippen molar-refractivity contribution in [2.45, 2.75) is 28.8 Å². The molecule has 0 aromatic carbocycles. The number of anilines is 1. The van der Waals surface area contributed by atoms with Crippen molar-refractivity contribution < 1.29 is 0 Å². The number of hydrazine groups is 1. The van der Waals surface area contributed by atoms with Gasteiger partial charge in [-0.05, 0) is 36.7 Å². The molecule has 0 atom stereocenters. The Hall–Kier alpha value is -1.37. The number of nitrogen functional groups attached to an aromatic ring is 1. The van der Waals surface area contributed by atoms with Crippen LogP contribution >= 0.6 is 23.4 Å². The number of nitrogens with two attached hydrogens (primary N) is 1. The summed E-state index contributed by atoms with van der Waals surface area (Å²) in [6.07, 6.45) is 3.99. The third-order valence-electron chi connectivity index (χ3n) is 2.74. The van der Waals surface area contributed by atoms with Crippen molar-refractivity contribution in [3.63, 3.8) is 0 Å². The van der Waals surface area contributed by atoms with E-state index in [4.69, 9.17) is 17.4 Å². The predicted molar refractivity (Wildman–Crippen MR) is 75.2 cm³/mol. The molecule has 0 saturated heterocycles. The largest absolute Gasteiger partial charge is 0.308 e. The van der Waals surface area contributed by atoms with Crippen LogP contribution in [-0.2, 0) is 0 Å². The fourth-order valence-electron chi connectivity index (χ4n) is 1.64. The average molecular weight is 294 g/mol. The van der Waals surface area contributed by atoms with E-state index in [1.54, 1.807) is 18.3 Å². The van der Waals surface area contributed by atoms with Gasteiger partial charge in [0, 0.05) is 18.2 Å². The molecule has 1 aliphatic carbocycles. The van der Waals surface area contributed by atoms with Crippen molar-refractivity contribution in [3.05, 3.63) is 35.2 Å². The average Bonchev–Trinajstić information content (AvgIpc) is 3.25. The first-order valence-electron chi connectivity index (χ1n) is 5.90. The molecule has 0 amide bonds. The lowest BCUT2D eigenvalue weighted by Gasteiger charge is -2.07. The third kappa shape index (κ3) is 2.97. The summed E-state index contributed by atoms with van der Waals surface area (Å²) in [7, 11) is 0. The molecule has 19 heavy (non-hydrogen) atoms. The first kappa shape index (κ1) is 12.7. The van der Waals surface area contributed by atoms with E-state index < -0.39 is 0 Å². The van der Waals surface area contributed by atoms with E-state index in [-0.39, 0.29) is 0 Å². The van der Waals surface area contributed by atoms with Crippen molar-refractivity contribution in [3.8, 4) is 0 Å². The number of hydrogen-bond donors (Lipinski definition) is 2. The highest BCUT2D eigenvalue weighted by Gasteiger charge is 2.27. The fourth-order valence-corrected chi connectivity index (χ4v) is 2.66. The fraction of sp³-hybridized carbons (Fsp3) is 0.250. The summed E-state index contributed by atoms with van der Waals surface area (Å²) in [6, 6.07) is 5.40. The molecule has 0 radical (unpaired) electrons. The van der Waals surface area contributed by atoms with Crippen LogP contribution in [0.25, 0.3) is 0 Å².